The van der Waals surface area contributed by atoms with Crippen LogP contribution in [0.25, 0.3) is 0 Å². The average molecular weight is 259 g/mol. The quantitative estimate of drug-likeness (QED) is 0.739. The van der Waals surface area contributed by atoms with Gasteiger partial charge in [0.05, 0.1) is 12.7 Å². The molecule has 1 amide bonds. The monoisotopic (exact) mass is 259 g/mol. The van der Waals surface area contributed by atoms with Gasteiger partial charge in [0.25, 0.3) is 5.91 Å². The molecule has 2 aromatic carbocycles. The minimum absolute atomic E-state index is 0.00261. The topological polar surface area (TPSA) is 78.8 Å². The Balaban J connectivity index is 2.23. The molecule has 0 aliphatic carbocycles. The van der Waals surface area contributed by atoms with Crippen molar-refractivity contribution in [3.8, 4) is 17.2 Å². The Morgan fingerprint density at radius 1 is 1.16 bits per heavy atom. The highest BCUT2D eigenvalue weighted by Gasteiger charge is 2.14. The lowest BCUT2D eigenvalue weighted by atomic mass is 10.1. The minimum Gasteiger partial charge on any atom is -0.504 e. The summed E-state index contributed by atoms with van der Waals surface area (Å²) in [6.45, 7) is 0. The van der Waals surface area contributed by atoms with E-state index >= 15 is 0 Å². The number of carbonyl (C=O) groups excluding carboxylic acids is 1. The lowest BCUT2D eigenvalue weighted by Gasteiger charge is -2.08. The Morgan fingerprint density at radius 2 is 1.89 bits per heavy atom. The summed E-state index contributed by atoms with van der Waals surface area (Å²) < 4.78 is 5.04. The molecule has 0 saturated heterocycles. The van der Waals surface area contributed by atoms with Gasteiger partial charge in [-0.3, -0.25) is 4.79 Å². The molecule has 0 saturated carbocycles. The Hall–Kier alpha value is -2.69. The fourth-order valence-corrected chi connectivity index (χ4v) is 1.61. The van der Waals surface area contributed by atoms with E-state index in [1.165, 1.54) is 25.3 Å². The molecule has 98 valence electrons. The molecule has 0 spiro atoms. The minimum atomic E-state index is -0.512. The number of methoxy groups -OCH3 is 1. The number of amides is 1. The molecule has 3 N–H and O–H groups in total. The molecule has 0 bridgehead atoms. The molecule has 2 rings (SSSR count). The Kier molecular flexibility index (Phi) is 3.56. The Bertz CT molecular complexity index is 610. The largest absolute Gasteiger partial charge is 0.504 e. The zero-order chi connectivity index (χ0) is 13.8. The third-order valence-electron chi connectivity index (χ3n) is 2.59. The first-order valence-electron chi connectivity index (χ1n) is 5.58. The number of para-hydroxylation sites is 1. The van der Waals surface area contributed by atoms with Crippen molar-refractivity contribution in [2.24, 2.45) is 0 Å². The summed E-state index contributed by atoms with van der Waals surface area (Å²) in [7, 11) is 1.53. The molecule has 0 aliphatic heterocycles. The first kappa shape index (κ1) is 12.8. The number of carbonyl (C=O) groups is 1. The SMILES string of the molecule is COc1cccc(NC(=O)c2cccc(O)c2O)c1. The number of hydrogen-bond acceptors (Lipinski definition) is 4. The second-order valence-corrected chi connectivity index (χ2v) is 3.86. The van der Waals surface area contributed by atoms with Gasteiger partial charge < -0.3 is 20.3 Å². The molecular weight excluding hydrogens is 246 g/mol. The molecule has 0 heterocycles. The van der Waals surface area contributed by atoms with Crippen LogP contribution in [-0.4, -0.2) is 23.2 Å². The second-order valence-electron chi connectivity index (χ2n) is 3.86. The molecule has 0 aromatic heterocycles. The second kappa shape index (κ2) is 5.30. The van der Waals surface area contributed by atoms with Crippen LogP contribution in [0.5, 0.6) is 17.2 Å². The summed E-state index contributed by atoms with van der Waals surface area (Å²) in [5, 5.41) is 21.6. The van der Waals surface area contributed by atoms with E-state index in [0.29, 0.717) is 11.4 Å². The average Bonchev–Trinajstić information content (AvgIpc) is 2.42. The van der Waals surface area contributed by atoms with Crippen molar-refractivity contribution < 1.29 is 19.7 Å². The summed E-state index contributed by atoms with van der Waals surface area (Å²) in [5.74, 6) is -0.680. The van der Waals surface area contributed by atoms with Crippen molar-refractivity contribution in [1.29, 1.82) is 0 Å². The molecule has 0 fully saturated rings. The zero-order valence-electron chi connectivity index (χ0n) is 10.3. The van der Waals surface area contributed by atoms with Crippen molar-refractivity contribution in [3.05, 3.63) is 48.0 Å². The van der Waals surface area contributed by atoms with Gasteiger partial charge in [0, 0.05) is 11.8 Å². The smallest absolute Gasteiger partial charge is 0.259 e. The van der Waals surface area contributed by atoms with E-state index in [2.05, 4.69) is 5.32 Å². The maximum absolute atomic E-state index is 12.0. The van der Waals surface area contributed by atoms with Crippen LogP contribution >= 0.6 is 0 Å². The number of aromatic hydroxyl groups is 2. The lowest BCUT2D eigenvalue weighted by molar-refractivity contribution is 0.102. The summed E-state index contributed by atoms with van der Waals surface area (Å²) in [6, 6.07) is 11.0. The summed E-state index contributed by atoms with van der Waals surface area (Å²) in [4.78, 5) is 12.0. The maximum atomic E-state index is 12.0. The van der Waals surface area contributed by atoms with Crippen molar-refractivity contribution >= 4 is 11.6 Å². The van der Waals surface area contributed by atoms with Crippen LogP contribution in [0.15, 0.2) is 42.5 Å². The normalized spacial score (nSPS) is 9.95. The van der Waals surface area contributed by atoms with Gasteiger partial charge >= 0.3 is 0 Å². The number of nitrogens with one attached hydrogen (secondary N) is 1. The Morgan fingerprint density at radius 3 is 2.63 bits per heavy atom. The molecule has 0 atom stereocenters. The van der Waals surface area contributed by atoms with Gasteiger partial charge in [-0.2, -0.15) is 0 Å². The number of benzene rings is 2. The van der Waals surface area contributed by atoms with Crippen molar-refractivity contribution in [2.75, 3.05) is 12.4 Å². The van der Waals surface area contributed by atoms with Crippen molar-refractivity contribution in [1.82, 2.24) is 0 Å². The van der Waals surface area contributed by atoms with Gasteiger partial charge in [0.15, 0.2) is 11.5 Å². The molecule has 0 unspecified atom stereocenters. The number of phenolic OH excluding ortho intramolecular Hbond substituents is 2. The predicted octanol–water partition coefficient (Wildman–Crippen LogP) is 2.36. The van der Waals surface area contributed by atoms with Crippen LogP contribution < -0.4 is 10.1 Å². The number of phenols is 2. The fraction of sp³-hybridized carbons (Fsp3) is 0.0714. The van der Waals surface area contributed by atoms with Gasteiger partial charge in [-0.25, -0.2) is 0 Å². The van der Waals surface area contributed by atoms with E-state index in [9.17, 15) is 15.0 Å². The van der Waals surface area contributed by atoms with Crippen LogP contribution in [0, 0.1) is 0 Å². The number of rotatable bonds is 3. The standard InChI is InChI=1S/C14H13NO4/c1-19-10-5-2-4-9(8-10)15-14(18)11-6-3-7-12(16)13(11)17/h2-8,16-17H,1H3,(H,15,18). The van der Waals surface area contributed by atoms with Crippen LogP contribution in [0.4, 0.5) is 5.69 Å². The number of ether oxygens (including phenoxy) is 1. The van der Waals surface area contributed by atoms with Crippen LogP contribution in [0.2, 0.25) is 0 Å². The third kappa shape index (κ3) is 2.77. The molecular formula is C14H13NO4. The first-order chi connectivity index (χ1) is 9.11. The molecule has 0 radical (unpaired) electrons. The summed E-state index contributed by atoms with van der Waals surface area (Å²) in [6.07, 6.45) is 0. The van der Waals surface area contributed by atoms with Crippen LogP contribution in [0.1, 0.15) is 10.4 Å². The number of hydrogen-bond donors (Lipinski definition) is 3. The van der Waals surface area contributed by atoms with Crippen molar-refractivity contribution in [3.63, 3.8) is 0 Å². The highest BCUT2D eigenvalue weighted by Crippen LogP contribution is 2.29. The highest BCUT2D eigenvalue weighted by molar-refractivity contribution is 6.06. The summed E-state index contributed by atoms with van der Waals surface area (Å²) in [5.41, 5.74) is 0.537. The first-order valence-corrected chi connectivity index (χ1v) is 5.58. The molecule has 5 nitrogen and oxygen atoms in total. The van der Waals surface area contributed by atoms with E-state index in [4.69, 9.17) is 4.74 Å². The number of anilines is 1. The van der Waals surface area contributed by atoms with E-state index in [1.807, 2.05) is 0 Å². The van der Waals surface area contributed by atoms with Gasteiger partial charge in [-0.1, -0.05) is 12.1 Å². The maximum Gasteiger partial charge on any atom is 0.259 e. The van der Waals surface area contributed by atoms with E-state index in [-0.39, 0.29) is 11.3 Å². The fourth-order valence-electron chi connectivity index (χ4n) is 1.61. The van der Waals surface area contributed by atoms with Gasteiger partial charge in [-0.05, 0) is 24.3 Å². The van der Waals surface area contributed by atoms with E-state index in [0.717, 1.165) is 0 Å². The van der Waals surface area contributed by atoms with E-state index < -0.39 is 11.7 Å². The zero-order valence-corrected chi connectivity index (χ0v) is 10.3. The predicted molar refractivity (Wildman–Crippen MR) is 70.7 cm³/mol. The summed E-state index contributed by atoms with van der Waals surface area (Å²) >= 11 is 0. The molecule has 19 heavy (non-hydrogen) atoms. The lowest BCUT2D eigenvalue weighted by Crippen LogP contribution is -2.12. The van der Waals surface area contributed by atoms with Gasteiger partial charge in [0.1, 0.15) is 5.75 Å². The van der Waals surface area contributed by atoms with Crippen LogP contribution in [-0.2, 0) is 0 Å². The van der Waals surface area contributed by atoms with Gasteiger partial charge in [0.2, 0.25) is 0 Å². The third-order valence-corrected chi connectivity index (χ3v) is 2.59. The van der Waals surface area contributed by atoms with Crippen LogP contribution in [0.3, 0.4) is 0 Å². The highest BCUT2D eigenvalue weighted by atomic mass is 16.5. The molecule has 0 aliphatic rings. The van der Waals surface area contributed by atoms with E-state index in [1.54, 1.807) is 24.3 Å². The molecule has 5 heteroatoms. The van der Waals surface area contributed by atoms with Gasteiger partial charge in [-0.15, -0.1) is 0 Å². The van der Waals surface area contributed by atoms with Crippen molar-refractivity contribution in [2.45, 2.75) is 0 Å². The molecule has 2 aromatic rings. The Labute approximate surface area is 110 Å².